The van der Waals surface area contributed by atoms with Gasteiger partial charge in [-0.2, -0.15) is 0 Å². The van der Waals surface area contributed by atoms with Crippen LogP contribution in [0.3, 0.4) is 0 Å². The van der Waals surface area contributed by atoms with Crippen LogP contribution in [0, 0.1) is 0 Å². The van der Waals surface area contributed by atoms with Crippen LogP contribution in [0.4, 0.5) is 0 Å². The first kappa shape index (κ1) is 9.46. The van der Waals surface area contributed by atoms with Crippen LogP contribution in [-0.4, -0.2) is 16.5 Å². The zero-order chi connectivity index (χ0) is 9.19. The fourth-order valence-electron chi connectivity index (χ4n) is 1.56. The van der Waals surface area contributed by atoms with Gasteiger partial charge in [0.2, 0.25) is 0 Å². The molecule has 2 heteroatoms. The lowest BCUT2D eigenvalue weighted by atomic mass is 9.90. The van der Waals surface area contributed by atoms with Crippen LogP contribution in [0.25, 0.3) is 0 Å². The predicted octanol–water partition coefficient (Wildman–Crippen LogP) is 1.83. The largest absolute Gasteiger partial charge is 0.390 e. The number of aliphatic hydroxyl groups is 1. The molecule has 0 fully saturated rings. The summed E-state index contributed by atoms with van der Waals surface area (Å²) in [4.78, 5) is 11.0. The third kappa shape index (κ3) is 3.18. The molecule has 1 aliphatic rings. The molecular formula is C10H16O2. The van der Waals surface area contributed by atoms with Crippen LogP contribution >= 0.6 is 0 Å². The molecular weight excluding hydrogens is 152 g/mol. The van der Waals surface area contributed by atoms with Crippen LogP contribution in [0.15, 0.2) is 11.6 Å². The summed E-state index contributed by atoms with van der Waals surface area (Å²) in [6.45, 7) is 3.54. The van der Waals surface area contributed by atoms with Crippen LogP contribution in [0.5, 0.6) is 0 Å². The topological polar surface area (TPSA) is 37.3 Å². The summed E-state index contributed by atoms with van der Waals surface area (Å²) in [5.74, 6) is 0.209. The summed E-state index contributed by atoms with van der Waals surface area (Å²) in [5.41, 5.74) is 0.419. The highest BCUT2D eigenvalue weighted by Gasteiger charge is 2.18. The third-order valence-electron chi connectivity index (χ3n) is 1.95. The van der Waals surface area contributed by atoms with Gasteiger partial charge in [-0.25, -0.2) is 0 Å². The van der Waals surface area contributed by atoms with Crippen molar-refractivity contribution >= 4 is 5.78 Å². The van der Waals surface area contributed by atoms with Gasteiger partial charge in [0.1, 0.15) is 0 Å². The van der Waals surface area contributed by atoms with Gasteiger partial charge in [-0.15, -0.1) is 0 Å². The molecule has 0 bridgehead atoms. The summed E-state index contributed by atoms with van der Waals surface area (Å²) in [6.07, 6.45) is 4.91. The third-order valence-corrected chi connectivity index (χ3v) is 1.95. The van der Waals surface area contributed by atoms with E-state index in [1.807, 2.05) is 0 Å². The molecule has 0 saturated carbocycles. The van der Waals surface area contributed by atoms with E-state index in [4.69, 9.17) is 0 Å². The molecule has 1 N–H and O–H groups in total. The average molecular weight is 168 g/mol. The molecule has 0 spiro atoms. The van der Waals surface area contributed by atoms with Crippen LogP contribution in [-0.2, 0) is 4.79 Å². The smallest absolute Gasteiger partial charge is 0.155 e. The minimum absolute atomic E-state index is 0.209. The second-order valence-electron chi connectivity index (χ2n) is 4.11. The quantitative estimate of drug-likeness (QED) is 0.683. The van der Waals surface area contributed by atoms with E-state index in [9.17, 15) is 9.90 Å². The number of ketones is 1. The van der Waals surface area contributed by atoms with Crippen LogP contribution in [0.1, 0.15) is 39.5 Å². The second kappa shape index (κ2) is 3.40. The summed E-state index contributed by atoms with van der Waals surface area (Å²) in [6, 6.07) is 0. The van der Waals surface area contributed by atoms with E-state index in [1.54, 1.807) is 19.9 Å². The van der Waals surface area contributed by atoms with Gasteiger partial charge >= 0.3 is 0 Å². The first-order valence-electron chi connectivity index (χ1n) is 4.42. The summed E-state index contributed by atoms with van der Waals surface area (Å²) < 4.78 is 0. The zero-order valence-corrected chi connectivity index (χ0v) is 7.76. The highest BCUT2D eigenvalue weighted by Crippen LogP contribution is 2.23. The Morgan fingerprint density at radius 2 is 2.17 bits per heavy atom. The standard InChI is InChI=1S/C10H16O2/c1-10(2,12)7-8-4-3-5-9(11)6-8/h6,12H,3-5,7H2,1-2H3. The molecule has 0 saturated heterocycles. The van der Waals surface area contributed by atoms with Crippen molar-refractivity contribution in [3.05, 3.63) is 11.6 Å². The van der Waals surface area contributed by atoms with Crippen molar-refractivity contribution in [1.29, 1.82) is 0 Å². The molecule has 0 unspecified atom stereocenters. The fraction of sp³-hybridized carbons (Fsp3) is 0.700. The highest BCUT2D eigenvalue weighted by atomic mass is 16.3. The summed E-state index contributed by atoms with van der Waals surface area (Å²) >= 11 is 0. The molecule has 12 heavy (non-hydrogen) atoms. The Hall–Kier alpha value is -0.630. The van der Waals surface area contributed by atoms with Crippen molar-refractivity contribution in [3.63, 3.8) is 0 Å². The molecule has 0 aromatic heterocycles. The lowest BCUT2D eigenvalue weighted by Crippen LogP contribution is -2.20. The van der Waals surface area contributed by atoms with E-state index < -0.39 is 5.60 Å². The number of hydrogen-bond acceptors (Lipinski definition) is 2. The van der Waals surface area contributed by atoms with E-state index in [2.05, 4.69) is 0 Å². The number of allylic oxidation sites excluding steroid dienone is 1. The van der Waals surface area contributed by atoms with Gasteiger partial charge < -0.3 is 5.11 Å². The Morgan fingerprint density at radius 3 is 2.67 bits per heavy atom. The van der Waals surface area contributed by atoms with Crippen molar-refractivity contribution in [2.24, 2.45) is 0 Å². The normalized spacial score (nSPS) is 19.2. The van der Waals surface area contributed by atoms with Crippen molar-refractivity contribution < 1.29 is 9.90 Å². The van der Waals surface area contributed by atoms with Crippen molar-refractivity contribution in [1.82, 2.24) is 0 Å². The first-order valence-corrected chi connectivity index (χ1v) is 4.42. The Kier molecular flexibility index (Phi) is 2.68. The van der Waals surface area contributed by atoms with Gasteiger partial charge in [0.05, 0.1) is 5.60 Å². The highest BCUT2D eigenvalue weighted by molar-refractivity contribution is 5.91. The predicted molar refractivity (Wildman–Crippen MR) is 47.9 cm³/mol. The molecule has 0 atom stereocenters. The second-order valence-corrected chi connectivity index (χ2v) is 4.11. The molecule has 0 radical (unpaired) electrons. The van der Waals surface area contributed by atoms with Gasteiger partial charge in [-0.05, 0) is 39.2 Å². The van der Waals surface area contributed by atoms with Crippen molar-refractivity contribution in [3.8, 4) is 0 Å². The molecule has 68 valence electrons. The van der Waals surface area contributed by atoms with E-state index in [0.717, 1.165) is 18.4 Å². The Labute approximate surface area is 73.3 Å². The maximum absolute atomic E-state index is 11.0. The van der Waals surface area contributed by atoms with E-state index in [1.165, 1.54) is 0 Å². The molecule has 1 aliphatic carbocycles. The first-order chi connectivity index (χ1) is 5.47. The molecule has 0 heterocycles. The van der Waals surface area contributed by atoms with Gasteiger partial charge in [-0.1, -0.05) is 5.57 Å². The molecule has 0 aliphatic heterocycles. The van der Waals surface area contributed by atoms with Gasteiger partial charge in [0, 0.05) is 6.42 Å². The van der Waals surface area contributed by atoms with Crippen molar-refractivity contribution in [2.45, 2.75) is 45.1 Å². The lowest BCUT2D eigenvalue weighted by Gasteiger charge is -2.20. The lowest BCUT2D eigenvalue weighted by molar-refractivity contribution is -0.115. The number of carbonyl (C=O) groups excluding carboxylic acids is 1. The zero-order valence-electron chi connectivity index (χ0n) is 7.76. The number of rotatable bonds is 2. The van der Waals surface area contributed by atoms with Gasteiger partial charge in [-0.3, -0.25) is 4.79 Å². The van der Waals surface area contributed by atoms with Gasteiger partial charge in [0.15, 0.2) is 5.78 Å². The SMILES string of the molecule is CC(C)(O)CC1=CC(=O)CCC1. The van der Waals surface area contributed by atoms with Crippen LogP contribution < -0.4 is 0 Å². The summed E-state index contributed by atoms with van der Waals surface area (Å²) in [5, 5.41) is 9.50. The number of carbonyl (C=O) groups is 1. The fourth-order valence-corrected chi connectivity index (χ4v) is 1.56. The maximum atomic E-state index is 11.0. The van der Waals surface area contributed by atoms with Crippen LogP contribution in [0.2, 0.25) is 0 Å². The molecule has 0 amide bonds. The Bertz CT molecular complexity index is 208. The average Bonchev–Trinajstić information content (AvgIpc) is 1.82. The van der Waals surface area contributed by atoms with Gasteiger partial charge in [0.25, 0.3) is 0 Å². The summed E-state index contributed by atoms with van der Waals surface area (Å²) in [7, 11) is 0. The maximum Gasteiger partial charge on any atom is 0.155 e. The minimum Gasteiger partial charge on any atom is -0.390 e. The molecule has 2 nitrogen and oxygen atoms in total. The van der Waals surface area contributed by atoms with Crippen molar-refractivity contribution in [2.75, 3.05) is 0 Å². The molecule has 0 aromatic rings. The molecule has 0 aromatic carbocycles. The van der Waals surface area contributed by atoms with E-state index in [0.29, 0.717) is 12.8 Å². The van der Waals surface area contributed by atoms with E-state index in [-0.39, 0.29) is 5.78 Å². The van der Waals surface area contributed by atoms with E-state index >= 15 is 0 Å². The number of hydrogen-bond donors (Lipinski definition) is 1. The minimum atomic E-state index is -0.677. The monoisotopic (exact) mass is 168 g/mol. The molecule has 1 rings (SSSR count). The Morgan fingerprint density at radius 1 is 1.50 bits per heavy atom. The Balaban J connectivity index is 2.57.